The molecule has 0 saturated heterocycles. The normalized spacial score (nSPS) is 17.0. The smallest absolute Gasteiger partial charge is 0.271 e. The summed E-state index contributed by atoms with van der Waals surface area (Å²) in [4.78, 5) is 22.2. The van der Waals surface area contributed by atoms with Gasteiger partial charge in [0, 0.05) is 36.3 Å². The van der Waals surface area contributed by atoms with E-state index in [9.17, 15) is 4.79 Å². The van der Waals surface area contributed by atoms with Gasteiger partial charge in [-0.25, -0.2) is 9.97 Å². The molecule has 0 unspecified atom stereocenters. The number of hydrogen-bond acceptors (Lipinski definition) is 5. The van der Waals surface area contributed by atoms with Crippen LogP contribution in [0.4, 0.5) is 0 Å². The lowest BCUT2D eigenvalue weighted by Gasteiger charge is -2.24. The molecule has 1 amide bonds. The maximum Gasteiger partial charge on any atom is 0.271 e. The second-order valence-electron chi connectivity index (χ2n) is 5.61. The van der Waals surface area contributed by atoms with Crippen LogP contribution in [0.25, 0.3) is 10.8 Å². The summed E-state index contributed by atoms with van der Waals surface area (Å²) < 4.78 is 7.45. The lowest BCUT2D eigenvalue weighted by atomic mass is 10.1. The number of nitrogens with zero attached hydrogens (tertiary/aromatic N) is 3. The van der Waals surface area contributed by atoms with Crippen LogP contribution in [0.15, 0.2) is 35.2 Å². The maximum absolute atomic E-state index is 12.5. The summed E-state index contributed by atoms with van der Waals surface area (Å²) in [5.74, 6) is 1.66. The van der Waals surface area contributed by atoms with Gasteiger partial charge < -0.3 is 14.3 Å². The number of imidazole rings is 1. The molecule has 4 heterocycles. The number of hydrogen-bond donors (Lipinski definition) is 1. The molecule has 23 heavy (non-hydrogen) atoms. The van der Waals surface area contributed by atoms with Gasteiger partial charge in [-0.05, 0) is 25.5 Å². The maximum atomic E-state index is 12.5. The van der Waals surface area contributed by atoms with Gasteiger partial charge in [0.25, 0.3) is 5.91 Å². The van der Waals surface area contributed by atoms with Crippen molar-refractivity contribution in [2.75, 3.05) is 0 Å². The van der Waals surface area contributed by atoms with Crippen LogP contribution < -0.4 is 5.32 Å². The van der Waals surface area contributed by atoms with Crippen molar-refractivity contribution < 1.29 is 9.21 Å². The summed E-state index contributed by atoms with van der Waals surface area (Å²) in [5.41, 5.74) is 0.484. The molecule has 0 fully saturated rings. The topological polar surface area (TPSA) is 73.0 Å². The van der Waals surface area contributed by atoms with Gasteiger partial charge in [0.15, 0.2) is 10.8 Å². The molecule has 0 radical (unpaired) electrons. The Hall–Kier alpha value is -2.41. The third kappa shape index (κ3) is 2.68. The Morgan fingerprint density at radius 1 is 1.52 bits per heavy atom. The average molecular weight is 328 g/mol. The van der Waals surface area contributed by atoms with E-state index in [2.05, 4.69) is 19.9 Å². The fourth-order valence-electron chi connectivity index (χ4n) is 2.85. The van der Waals surface area contributed by atoms with E-state index in [1.165, 1.54) is 11.3 Å². The van der Waals surface area contributed by atoms with Crippen LogP contribution in [0.5, 0.6) is 0 Å². The first-order valence-electron chi connectivity index (χ1n) is 7.53. The quantitative estimate of drug-likeness (QED) is 0.802. The molecule has 3 aromatic rings. The van der Waals surface area contributed by atoms with Crippen molar-refractivity contribution in [1.29, 1.82) is 0 Å². The molecule has 7 heteroatoms. The first-order valence-corrected chi connectivity index (χ1v) is 8.34. The molecule has 1 N–H and O–H groups in total. The van der Waals surface area contributed by atoms with Gasteiger partial charge in [0.2, 0.25) is 0 Å². The van der Waals surface area contributed by atoms with Crippen molar-refractivity contribution in [1.82, 2.24) is 19.9 Å². The largest absolute Gasteiger partial charge is 0.462 e. The minimum absolute atomic E-state index is 0.109. The first-order chi connectivity index (χ1) is 11.2. The minimum atomic E-state index is -0.120. The first kappa shape index (κ1) is 14.2. The van der Waals surface area contributed by atoms with Gasteiger partial charge in [-0.1, -0.05) is 0 Å². The highest BCUT2D eigenvalue weighted by Crippen LogP contribution is 2.28. The molecular weight excluding hydrogens is 312 g/mol. The van der Waals surface area contributed by atoms with Crippen molar-refractivity contribution in [3.8, 4) is 10.8 Å². The molecule has 0 spiro atoms. The van der Waals surface area contributed by atoms with E-state index in [0.29, 0.717) is 11.5 Å². The van der Waals surface area contributed by atoms with E-state index < -0.39 is 0 Å². The number of carbonyl (C=O) groups is 1. The third-order valence-corrected chi connectivity index (χ3v) is 5.00. The summed E-state index contributed by atoms with van der Waals surface area (Å²) in [7, 11) is 0. The lowest BCUT2D eigenvalue weighted by Crippen LogP contribution is -2.41. The summed E-state index contributed by atoms with van der Waals surface area (Å²) in [6.07, 6.45) is 7.15. The van der Waals surface area contributed by atoms with E-state index in [4.69, 9.17) is 4.42 Å². The molecule has 4 rings (SSSR count). The van der Waals surface area contributed by atoms with E-state index in [1.807, 2.05) is 25.3 Å². The number of furan rings is 1. The minimum Gasteiger partial charge on any atom is -0.462 e. The van der Waals surface area contributed by atoms with Gasteiger partial charge in [0.1, 0.15) is 11.5 Å². The number of amides is 1. The molecule has 6 nitrogen and oxygen atoms in total. The Morgan fingerprint density at radius 3 is 3.26 bits per heavy atom. The summed E-state index contributed by atoms with van der Waals surface area (Å²) in [5, 5.41) is 3.83. The Balaban J connectivity index is 1.50. The standard InChI is InChI=1S/C16H16N4O2S/c1-10-14(19-16(23-10)12-3-2-8-22-12)15(21)18-11-4-5-13-17-6-7-20(13)9-11/h2-3,6-8,11H,4-5,9H2,1H3,(H,18,21)/t11-/m0/s1. The molecule has 118 valence electrons. The third-order valence-electron chi connectivity index (χ3n) is 4.01. The van der Waals surface area contributed by atoms with E-state index >= 15 is 0 Å². The average Bonchev–Trinajstić information content (AvgIpc) is 3.26. The van der Waals surface area contributed by atoms with Gasteiger partial charge in [-0.15, -0.1) is 11.3 Å². The van der Waals surface area contributed by atoms with E-state index in [0.717, 1.165) is 35.1 Å². The van der Waals surface area contributed by atoms with Crippen LogP contribution in [0.3, 0.4) is 0 Å². The van der Waals surface area contributed by atoms with E-state index in [-0.39, 0.29) is 11.9 Å². The van der Waals surface area contributed by atoms with Crippen LogP contribution in [0, 0.1) is 6.92 Å². The van der Waals surface area contributed by atoms with Crippen molar-refractivity contribution in [2.24, 2.45) is 0 Å². The lowest BCUT2D eigenvalue weighted by molar-refractivity contribution is 0.0922. The van der Waals surface area contributed by atoms with Crippen LogP contribution >= 0.6 is 11.3 Å². The van der Waals surface area contributed by atoms with Gasteiger partial charge in [0.05, 0.1) is 6.26 Å². The highest BCUT2D eigenvalue weighted by Gasteiger charge is 2.23. The predicted molar refractivity (Wildman–Crippen MR) is 86.4 cm³/mol. The summed E-state index contributed by atoms with van der Waals surface area (Å²) in [6, 6.07) is 3.77. The number of thiazole rings is 1. The molecule has 0 aliphatic carbocycles. The highest BCUT2D eigenvalue weighted by atomic mass is 32.1. The van der Waals surface area contributed by atoms with Crippen LogP contribution in [-0.2, 0) is 13.0 Å². The summed E-state index contributed by atoms with van der Waals surface area (Å²) in [6.45, 7) is 2.67. The number of carbonyl (C=O) groups excluding carboxylic acids is 1. The zero-order valence-electron chi connectivity index (χ0n) is 12.7. The zero-order valence-corrected chi connectivity index (χ0v) is 13.5. The number of aromatic nitrogens is 3. The number of aryl methyl sites for hydroxylation is 2. The Labute approximate surface area is 137 Å². The van der Waals surface area contributed by atoms with E-state index in [1.54, 1.807) is 12.5 Å². The second-order valence-corrected chi connectivity index (χ2v) is 6.81. The molecule has 0 saturated carbocycles. The SMILES string of the molecule is Cc1sc(-c2ccco2)nc1C(=O)N[C@H]1CCc2nccn2C1. The summed E-state index contributed by atoms with van der Waals surface area (Å²) >= 11 is 1.47. The van der Waals surface area contributed by atoms with Crippen LogP contribution in [0.2, 0.25) is 0 Å². The van der Waals surface area contributed by atoms with Crippen molar-refractivity contribution in [3.05, 3.63) is 47.2 Å². The number of rotatable bonds is 3. The van der Waals surface area contributed by atoms with Crippen molar-refractivity contribution in [3.63, 3.8) is 0 Å². The molecule has 0 aromatic carbocycles. The zero-order chi connectivity index (χ0) is 15.8. The predicted octanol–water partition coefficient (Wildman–Crippen LogP) is 2.65. The Bertz CT molecular complexity index is 834. The van der Waals surface area contributed by atoms with Crippen molar-refractivity contribution in [2.45, 2.75) is 32.4 Å². The Kier molecular flexibility index (Phi) is 3.49. The van der Waals surface area contributed by atoms with Gasteiger partial charge in [-0.3, -0.25) is 4.79 Å². The molecule has 3 aromatic heterocycles. The molecule has 1 aliphatic heterocycles. The fraction of sp³-hybridized carbons (Fsp3) is 0.312. The number of nitrogens with one attached hydrogen (secondary N) is 1. The highest BCUT2D eigenvalue weighted by molar-refractivity contribution is 7.15. The van der Waals surface area contributed by atoms with Crippen LogP contribution in [0.1, 0.15) is 27.6 Å². The molecular formula is C16H16N4O2S. The van der Waals surface area contributed by atoms with Gasteiger partial charge >= 0.3 is 0 Å². The number of fused-ring (bicyclic) bond motifs is 1. The fourth-order valence-corrected chi connectivity index (χ4v) is 3.73. The second kappa shape index (κ2) is 5.66. The van der Waals surface area contributed by atoms with Crippen LogP contribution in [-0.4, -0.2) is 26.5 Å². The molecule has 0 bridgehead atoms. The Morgan fingerprint density at radius 2 is 2.43 bits per heavy atom. The molecule has 1 atom stereocenters. The van der Waals surface area contributed by atoms with Crippen molar-refractivity contribution >= 4 is 17.2 Å². The monoisotopic (exact) mass is 328 g/mol. The molecule has 1 aliphatic rings. The van der Waals surface area contributed by atoms with Gasteiger partial charge in [-0.2, -0.15) is 0 Å².